The Morgan fingerprint density at radius 1 is 1.22 bits per heavy atom. The van der Waals surface area contributed by atoms with Crippen LogP contribution in [0.25, 0.3) is 0 Å². The van der Waals surface area contributed by atoms with Crippen molar-refractivity contribution < 1.29 is 9.84 Å². The highest BCUT2D eigenvalue weighted by atomic mass is 79.9. The molecule has 0 saturated heterocycles. The third kappa shape index (κ3) is 3.99. The Hall–Kier alpha value is -0.540. The molecule has 3 heteroatoms. The summed E-state index contributed by atoms with van der Waals surface area (Å²) in [6, 6.07) is 5.79. The molecule has 1 aliphatic carbocycles. The molecule has 1 aromatic rings. The summed E-state index contributed by atoms with van der Waals surface area (Å²) in [5.41, 5.74) is 0.855. The second-order valence-electron chi connectivity index (χ2n) is 5.05. The molecule has 2 rings (SSSR count). The van der Waals surface area contributed by atoms with Gasteiger partial charge in [-0.25, -0.2) is 0 Å². The number of halogens is 1. The third-order valence-corrected chi connectivity index (χ3v) is 4.19. The fourth-order valence-electron chi connectivity index (χ4n) is 2.62. The maximum absolute atomic E-state index is 9.29. The molecule has 1 aromatic carbocycles. The van der Waals surface area contributed by atoms with Crippen LogP contribution in [0.4, 0.5) is 0 Å². The average Bonchev–Trinajstić information content (AvgIpc) is 2.41. The molecule has 18 heavy (non-hydrogen) atoms. The fraction of sp³-hybridized carbons (Fsp3) is 0.600. The van der Waals surface area contributed by atoms with Crippen molar-refractivity contribution in [3.8, 4) is 5.75 Å². The number of benzene rings is 1. The van der Waals surface area contributed by atoms with Crippen LogP contribution in [0.15, 0.2) is 22.7 Å². The van der Waals surface area contributed by atoms with Gasteiger partial charge in [0.2, 0.25) is 0 Å². The molecule has 1 N–H and O–H groups in total. The third-order valence-electron chi connectivity index (χ3n) is 3.70. The molecule has 2 nitrogen and oxygen atoms in total. The lowest BCUT2D eigenvalue weighted by Gasteiger charge is -2.21. The lowest BCUT2D eigenvalue weighted by Crippen LogP contribution is -2.11. The summed E-state index contributed by atoms with van der Waals surface area (Å²) in [4.78, 5) is 0. The highest BCUT2D eigenvalue weighted by Crippen LogP contribution is 2.27. The van der Waals surface area contributed by atoms with Gasteiger partial charge in [-0.05, 0) is 30.5 Å². The van der Waals surface area contributed by atoms with Crippen LogP contribution in [0, 0.1) is 5.92 Å². The van der Waals surface area contributed by atoms with E-state index in [1.807, 2.05) is 18.2 Å². The molecule has 0 aliphatic heterocycles. The Labute approximate surface area is 117 Å². The van der Waals surface area contributed by atoms with E-state index in [2.05, 4.69) is 15.9 Å². The number of hydrogen-bond acceptors (Lipinski definition) is 2. The normalized spacial score (nSPS) is 16.8. The largest absolute Gasteiger partial charge is 0.493 e. The Balaban J connectivity index is 1.82. The lowest BCUT2D eigenvalue weighted by atomic mass is 9.87. The van der Waals surface area contributed by atoms with Crippen molar-refractivity contribution in [1.29, 1.82) is 0 Å². The van der Waals surface area contributed by atoms with Gasteiger partial charge in [-0.3, -0.25) is 0 Å². The number of ether oxygens (including phenoxy) is 1. The number of hydrogen-bond donors (Lipinski definition) is 1. The van der Waals surface area contributed by atoms with Crippen molar-refractivity contribution >= 4 is 15.9 Å². The molecular formula is C15H21BrO2. The maximum atomic E-state index is 9.29. The summed E-state index contributed by atoms with van der Waals surface area (Å²) in [6.45, 7) is 0.789. The summed E-state index contributed by atoms with van der Waals surface area (Å²) in [5, 5.41) is 9.29. The summed E-state index contributed by atoms with van der Waals surface area (Å²) in [5.74, 6) is 1.66. The molecule has 0 aromatic heterocycles. The van der Waals surface area contributed by atoms with Crippen LogP contribution in [-0.4, -0.2) is 11.7 Å². The molecule has 0 amide bonds. The van der Waals surface area contributed by atoms with Crippen LogP contribution in [0.1, 0.15) is 44.1 Å². The van der Waals surface area contributed by atoms with Gasteiger partial charge in [-0.1, -0.05) is 48.0 Å². The zero-order chi connectivity index (χ0) is 12.8. The fourth-order valence-corrected chi connectivity index (χ4v) is 3.03. The van der Waals surface area contributed by atoms with Crippen LogP contribution < -0.4 is 4.74 Å². The van der Waals surface area contributed by atoms with Gasteiger partial charge in [0.05, 0.1) is 13.2 Å². The van der Waals surface area contributed by atoms with Gasteiger partial charge < -0.3 is 9.84 Å². The predicted molar refractivity (Wildman–Crippen MR) is 76.8 cm³/mol. The smallest absolute Gasteiger partial charge is 0.124 e. The summed E-state index contributed by atoms with van der Waals surface area (Å²) >= 11 is 3.40. The van der Waals surface area contributed by atoms with Crippen LogP contribution in [0.3, 0.4) is 0 Å². The van der Waals surface area contributed by atoms with Crippen molar-refractivity contribution in [3.05, 3.63) is 28.2 Å². The first kappa shape index (κ1) is 13.9. The van der Waals surface area contributed by atoms with Crippen LogP contribution in [0.5, 0.6) is 5.75 Å². The van der Waals surface area contributed by atoms with Crippen LogP contribution >= 0.6 is 15.9 Å². The molecule has 1 saturated carbocycles. The number of aliphatic hydroxyl groups excluding tert-OH is 1. The topological polar surface area (TPSA) is 29.5 Å². The van der Waals surface area contributed by atoms with E-state index in [9.17, 15) is 5.11 Å². The van der Waals surface area contributed by atoms with E-state index < -0.39 is 0 Å². The number of rotatable bonds is 5. The molecule has 1 aliphatic rings. The Morgan fingerprint density at radius 2 is 2.00 bits per heavy atom. The minimum Gasteiger partial charge on any atom is -0.493 e. The molecule has 0 unspecified atom stereocenters. The minimum absolute atomic E-state index is 0.0260. The zero-order valence-electron chi connectivity index (χ0n) is 10.7. The summed E-state index contributed by atoms with van der Waals surface area (Å²) in [6.07, 6.45) is 8.02. The molecule has 100 valence electrons. The van der Waals surface area contributed by atoms with Crippen LogP contribution in [0.2, 0.25) is 0 Å². The molecular weight excluding hydrogens is 292 g/mol. The first-order chi connectivity index (χ1) is 8.79. The minimum atomic E-state index is 0.0260. The first-order valence-corrected chi connectivity index (χ1v) is 7.61. The van der Waals surface area contributed by atoms with E-state index in [4.69, 9.17) is 4.74 Å². The Morgan fingerprint density at radius 3 is 2.72 bits per heavy atom. The van der Waals surface area contributed by atoms with Gasteiger partial charge in [0.25, 0.3) is 0 Å². The van der Waals surface area contributed by atoms with E-state index in [0.717, 1.165) is 34.7 Å². The second kappa shape index (κ2) is 7.15. The highest BCUT2D eigenvalue weighted by molar-refractivity contribution is 9.10. The molecule has 0 spiro atoms. The molecule has 0 bridgehead atoms. The second-order valence-corrected chi connectivity index (χ2v) is 5.97. The average molecular weight is 313 g/mol. The molecule has 0 radical (unpaired) electrons. The first-order valence-electron chi connectivity index (χ1n) is 6.81. The Bertz CT molecular complexity index is 373. The van der Waals surface area contributed by atoms with Crippen molar-refractivity contribution in [3.63, 3.8) is 0 Å². The van der Waals surface area contributed by atoms with Gasteiger partial charge in [-0.2, -0.15) is 0 Å². The van der Waals surface area contributed by atoms with Crippen molar-refractivity contribution in [1.82, 2.24) is 0 Å². The summed E-state index contributed by atoms with van der Waals surface area (Å²) in [7, 11) is 0. The van der Waals surface area contributed by atoms with Gasteiger partial charge in [0.1, 0.15) is 5.75 Å². The SMILES string of the molecule is OCc1cc(Br)ccc1OCCC1CCCCC1. The van der Waals surface area contributed by atoms with E-state index in [1.54, 1.807) is 0 Å². The van der Waals surface area contributed by atoms with Gasteiger partial charge in [-0.15, -0.1) is 0 Å². The monoisotopic (exact) mass is 312 g/mol. The molecule has 1 fully saturated rings. The molecule has 0 heterocycles. The van der Waals surface area contributed by atoms with E-state index in [-0.39, 0.29) is 6.61 Å². The quantitative estimate of drug-likeness (QED) is 0.878. The lowest BCUT2D eigenvalue weighted by molar-refractivity contribution is 0.234. The standard InChI is InChI=1S/C15H21BrO2/c16-14-6-7-15(13(10-14)11-17)18-9-8-12-4-2-1-3-5-12/h6-7,10,12,17H,1-5,8-9,11H2. The van der Waals surface area contributed by atoms with Crippen LogP contribution in [-0.2, 0) is 6.61 Å². The van der Waals surface area contributed by atoms with E-state index in [1.165, 1.54) is 32.1 Å². The zero-order valence-corrected chi connectivity index (χ0v) is 12.3. The predicted octanol–water partition coefficient (Wildman–Crippen LogP) is 4.29. The number of aliphatic hydroxyl groups is 1. The molecule has 0 atom stereocenters. The Kier molecular flexibility index (Phi) is 5.51. The van der Waals surface area contributed by atoms with Crippen molar-refractivity contribution in [2.45, 2.75) is 45.1 Å². The highest BCUT2D eigenvalue weighted by Gasteiger charge is 2.13. The van der Waals surface area contributed by atoms with E-state index >= 15 is 0 Å². The summed E-state index contributed by atoms with van der Waals surface area (Å²) < 4.78 is 6.78. The van der Waals surface area contributed by atoms with Gasteiger partial charge >= 0.3 is 0 Å². The van der Waals surface area contributed by atoms with Gasteiger partial charge in [0, 0.05) is 10.0 Å². The van der Waals surface area contributed by atoms with E-state index in [0.29, 0.717) is 0 Å². The van der Waals surface area contributed by atoms with Gasteiger partial charge in [0.15, 0.2) is 0 Å². The van der Waals surface area contributed by atoms with Crippen molar-refractivity contribution in [2.24, 2.45) is 5.92 Å². The maximum Gasteiger partial charge on any atom is 0.124 e. The van der Waals surface area contributed by atoms with Crippen molar-refractivity contribution in [2.75, 3.05) is 6.61 Å².